The average Bonchev–Trinajstić information content (AvgIpc) is 2.69. The first kappa shape index (κ1) is 19.1. The fourth-order valence-corrected chi connectivity index (χ4v) is 3.30. The van der Waals surface area contributed by atoms with E-state index in [-0.39, 0.29) is 11.6 Å². The van der Waals surface area contributed by atoms with Crippen LogP contribution in [0.3, 0.4) is 0 Å². The maximum absolute atomic E-state index is 11.6. The highest BCUT2D eigenvalue weighted by molar-refractivity contribution is 5.96. The molecule has 1 aliphatic heterocycles. The van der Waals surface area contributed by atoms with Gasteiger partial charge in [0.2, 0.25) is 0 Å². The molecule has 2 aromatic rings. The quantitative estimate of drug-likeness (QED) is 0.704. The van der Waals surface area contributed by atoms with Gasteiger partial charge in [0.15, 0.2) is 11.6 Å². The number of benzene rings is 2. The number of nitrogens with zero attached hydrogens (tertiary/aromatic N) is 2. The van der Waals surface area contributed by atoms with Gasteiger partial charge < -0.3 is 9.64 Å². The molecule has 0 unspecified atom stereocenters. The Labute approximate surface area is 160 Å². The lowest BCUT2D eigenvalue weighted by Gasteiger charge is -2.36. The second kappa shape index (κ2) is 8.82. The SMILES string of the molecule is CC(=O)c1ccc(N2CCN(CCOc3ccccc3C(C)=O)CC2)cc1. The van der Waals surface area contributed by atoms with Crippen LogP contribution in [0.25, 0.3) is 0 Å². The Morgan fingerprint density at radius 1 is 0.889 bits per heavy atom. The molecule has 0 aromatic heterocycles. The lowest BCUT2D eigenvalue weighted by molar-refractivity contribution is 0.100. The Bertz CT molecular complexity index is 793. The predicted octanol–water partition coefficient (Wildman–Crippen LogP) is 3.29. The van der Waals surface area contributed by atoms with E-state index in [1.165, 1.54) is 0 Å². The largest absolute Gasteiger partial charge is 0.491 e. The smallest absolute Gasteiger partial charge is 0.163 e. The van der Waals surface area contributed by atoms with E-state index < -0.39 is 0 Å². The van der Waals surface area contributed by atoms with Gasteiger partial charge in [-0.1, -0.05) is 12.1 Å². The van der Waals surface area contributed by atoms with Crippen LogP contribution < -0.4 is 9.64 Å². The first-order valence-corrected chi connectivity index (χ1v) is 9.35. The molecule has 0 aliphatic carbocycles. The van der Waals surface area contributed by atoms with E-state index in [9.17, 15) is 9.59 Å². The monoisotopic (exact) mass is 366 g/mol. The molecule has 3 rings (SSSR count). The summed E-state index contributed by atoms with van der Waals surface area (Å²) in [5.74, 6) is 0.780. The molecule has 1 heterocycles. The molecule has 0 radical (unpaired) electrons. The lowest BCUT2D eigenvalue weighted by atomic mass is 10.1. The maximum Gasteiger partial charge on any atom is 0.163 e. The number of Topliss-reactive ketones (excluding diaryl/α,β-unsaturated/α-hetero) is 2. The number of carbonyl (C=O) groups excluding carboxylic acids is 2. The third-order valence-electron chi connectivity index (χ3n) is 4.94. The predicted molar refractivity (Wildman–Crippen MR) is 107 cm³/mol. The van der Waals surface area contributed by atoms with Gasteiger partial charge in [-0.2, -0.15) is 0 Å². The van der Waals surface area contributed by atoms with Crippen LogP contribution >= 0.6 is 0 Å². The molecule has 2 aromatic carbocycles. The first-order chi connectivity index (χ1) is 13.0. The van der Waals surface area contributed by atoms with Gasteiger partial charge in [0.1, 0.15) is 12.4 Å². The Morgan fingerprint density at radius 3 is 2.19 bits per heavy atom. The van der Waals surface area contributed by atoms with Crippen molar-refractivity contribution in [3.05, 3.63) is 59.7 Å². The second-order valence-corrected chi connectivity index (χ2v) is 6.83. The molecule has 27 heavy (non-hydrogen) atoms. The normalized spacial score (nSPS) is 14.8. The van der Waals surface area contributed by atoms with Crippen LogP contribution in [-0.4, -0.2) is 55.8 Å². The van der Waals surface area contributed by atoms with E-state index in [4.69, 9.17) is 4.74 Å². The molecule has 0 spiro atoms. The van der Waals surface area contributed by atoms with Crippen molar-refractivity contribution in [3.8, 4) is 5.75 Å². The van der Waals surface area contributed by atoms with Crippen LogP contribution in [0.1, 0.15) is 34.6 Å². The topological polar surface area (TPSA) is 49.9 Å². The third kappa shape index (κ3) is 4.95. The number of ether oxygens (including phenoxy) is 1. The Morgan fingerprint density at radius 2 is 1.56 bits per heavy atom. The minimum atomic E-state index is 0.0232. The Hall–Kier alpha value is -2.66. The van der Waals surface area contributed by atoms with Gasteiger partial charge in [-0.05, 0) is 50.2 Å². The number of para-hydroxylation sites is 1. The summed E-state index contributed by atoms with van der Waals surface area (Å²) in [4.78, 5) is 27.7. The van der Waals surface area contributed by atoms with E-state index in [1.54, 1.807) is 19.9 Å². The van der Waals surface area contributed by atoms with E-state index in [2.05, 4.69) is 9.80 Å². The third-order valence-corrected chi connectivity index (χ3v) is 4.94. The Balaban J connectivity index is 1.46. The van der Waals surface area contributed by atoms with Crippen molar-refractivity contribution in [1.29, 1.82) is 0 Å². The summed E-state index contributed by atoms with van der Waals surface area (Å²) in [6.45, 7) is 8.38. The molecule has 142 valence electrons. The number of anilines is 1. The maximum atomic E-state index is 11.6. The van der Waals surface area contributed by atoms with E-state index in [0.29, 0.717) is 17.9 Å². The summed E-state index contributed by atoms with van der Waals surface area (Å²) < 4.78 is 5.84. The molecule has 1 saturated heterocycles. The van der Waals surface area contributed by atoms with Crippen LogP contribution in [-0.2, 0) is 0 Å². The van der Waals surface area contributed by atoms with Crippen LogP contribution in [0.15, 0.2) is 48.5 Å². The number of carbonyl (C=O) groups is 2. The minimum absolute atomic E-state index is 0.0232. The van der Waals surface area contributed by atoms with Crippen LogP contribution in [0, 0.1) is 0 Å². The number of hydrogen-bond acceptors (Lipinski definition) is 5. The van der Waals surface area contributed by atoms with Crippen molar-refractivity contribution >= 4 is 17.3 Å². The van der Waals surface area contributed by atoms with Crippen LogP contribution in [0.5, 0.6) is 5.75 Å². The zero-order chi connectivity index (χ0) is 19.2. The minimum Gasteiger partial charge on any atom is -0.491 e. The fourth-order valence-electron chi connectivity index (χ4n) is 3.30. The van der Waals surface area contributed by atoms with E-state index in [1.807, 2.05) is 42.5 Å². The lowest BCUT2D eigenvalue weighted by Crippen LogP contribution is -2.47. The molecule has 0 saturated carbocycles. The van der Waals surface area contributed by atoms with Crippen molar-refractivity contribution in [2.75, 3.05) is 44.2 Å². The molecule has 5 nitrogen and oxygen atoms in total. The van der Waals surface area contributed by atoms with Gasteiger partial charge in [-0.25, -0.2) is 0 Å². The van der Waals surface area contributed by atoms with Gasteiger partial charge in [0, 0.05) is 44.0 Å². The van der Waals surface area contributed by atoms with Gasteiger partial charge in [0.25, 0.3) is 0 Å². The average molecular weight is 366 g/mol. The van der Waals surface area contributed by atoms with Gasteiger partial charge in [-0.3, -0.25) is 14.5 Å². The summed E-state index contributed by atoms with van der Waals surface area (Å²) in [5.41, 5.74) is 2.54. The highest BCUT2D eigenvalue weighted by atomic mass is 16.5. The van der Waals surface area contributed by atoms with E-state index in [0.717, 1.165) is 44.0 Å². The van der Waals surface area contributed by atoms with Crippen molar-refractivity contribution in [3.63, 3.8) is 0 Å². The van der Waals surface area contributed by atoms with Crippen molar-refractivity contribution in [2.24, 2.45) is 0 Å². The van der Waals surface area contributed by atoms with Crippen LogP contribution in [0.4, 0.5) is 5.69 Å². The molecular weight excluding hydrogens is 340 g/mol. The van der Waals surface area contributed by atoms with Gasteiger partial charge in [-0.15, -0.1) is 0 Å². The van der Waals surface area contributed by atoms with E-state index >= 15 is 0 Å². The molecular formula is C22H26N2O3. The number of hydrogen-bond donors (Lipinski definition) is 0. The molecule has 1 fully saturated rings. The highest BCUT2D eigenvalue weighted by Gasteiger charge is 2.17. The van der Waals surface area contributed by atoms with Crippen molar-refractivity contribution in [2.45, 2.75) is 13.8 Å². The molecule has 0 N–H and O–H groups in total. The highest BCUT2D eigenvalue weighted by Crippen LogP contribution is 2.19. The molecule has 0 bridgehead atoms. The summed E-state index contributed by atoms with van der Waals surface area (Å²) in [6, 6.07) is 15.2. The first-order valence-electron chi connectivity index (χ1n) is 9.35. The number of rotatable bonds is 7. The van der Waals surface area contributed by atoms with Crippen molar-refractivity contribution in [1.82, 2.24) is 4.90 Å². The summed E-state index contributed by atoms with van der Waals surface area (Å²) in [5, 5.41) is 0. The zero-order valence-corrected chi connectivity index (χ0v) is 16.0. The number of ketones is 2. The molecule has 0 amide bonds. The van der Waals surface area contributed by atoms with Crippen LogP contribution in [0.2, 0.25) is 0 Å². The summed E-state index contributed by atoms with van der Waals surface area (Å²) in [6.07, 6.45) is 0. The summed E-state index contributed by atoms with van der Waals surface area (Å²) >= 11 is 0. The standard InChI is InChI=1S/C22H26N2O3/c1-17(25)19-7-9-20(10-8-19)24-13-11-23(12-14-24)15-16-27-22-6-4-3-5-21(22)18(2)26/h3-10H,11-16H2,1-2H3. The van der Waals surface area contributed by atoms with Crippen molar-refractivity contribution < 1.29 is 14.3 Å². The van der Waals surface area contributed by atoms with Gasteiger partial charge in [0.05, 0.1) is 5.56 Å². The molecule has 0 atom stereocenters. The van der Waals surface area contributed by atoms with Gasteiger partial charge >= 0.3 is 0 Å². The molecule has 5 heteroatoms. The summed E-state index contributed by atoms with van der Waals surface area (Å²) in [7, 11) is 0. The second-order valence-electron chi connectivity index (χ2n) is 6.83. The Kier molecular flexibility index (Phi) is 6.24. The fraction of sp³-hybridized carbons (Fsp3) is 0.364. The number of piperazine rings is 1. The zero-order valence-electron chi connectivity index (χ0n) is 16.0. The molecule has 1 aliphatic rings.